The Morgan fingerprint density at radius 1 is 1.15 bits per heavy atom. The second-order valence-corrected chi connectivity index (χ2v) is 5.82. The monoisotopic (exact) mass is 356 g/mol. The summed E-state index contributed by atoms with van der Waals surface area (Å²) in [4.78, 5) is 21.4. The number of nitrogens with two attached hydrogens (primary N) is 2. The highest BCUT2D eigenvalue weighted by Gasteiger charge is 2.11. The van der Waals surface area contributed by atoms with Crippen LogP contribution in [-0.2, 0) is 11.2 Å². The number of anilines is 1. The molecule has 1 atom stereocenters. The number of fused-ring (bicyclic) bond motifs is 1. The second-order valence-electron chi connectivity index (χ2n) is 5.82. The number of hydrogen-bond donors (Lipinski definition) is 4. The van der Waals surface area contributed by atoms with E-state index in [2.05, 4.69) is 0 Å². The highest BCUT2D eigenvalue weighted by molar-refractivity contribution is 5.82. The Kier molecular flexibility index (Phi) is 5.98. The first kappa shape index (κ1) is 19.0. The SMILES string of the molecule is Cc1cc(=O)oc2cc(N)ccc12.N[C@@H](Cc1ccc(O)cc1)C(=O)O. The quantitative estimate of drug-likeness (QED) is 0.416. The second kappa shape index (κ2) is 8.17. The number of carboxylic acid groups (broad SMARTS) is 1. The van der Waals surface area contributed by atoms with Gasteiger partial charge in [-0.2, -0.15) is 0 Å². The summed E-state index contributed by atoms with van der Waals surface area (Å²) in [5.74, 6) is -0.860. The van der Waals surface area contributed by atoms with Crippen LogP contribution in [0.5, 0.6) is 5.75 Å². The summed E-state index contributed by atoms with van der Waals surface area (Å²) in [6.45, 7) is 1.87. The average molecular weight is 356 g/mol. The summed E-state index contributed by atoms with van der Waals surface area (Å²) in [6.07, 6.45) is 0.273. The number of rotatable bonds is 3. The van der Waals surface area contributed by atoms with E-state index in [4.69, 9.17) is 26.1 Å². The van der Waals surface area contributed by atoms with Crippen LogP contribution in [0.4, 0.5) is 5.69 Å². The standard InChI is InChI=1S/C10H9NO2.C9H11NO3/c1-6-4-10(12)13-9-5-7(11)2-3-8(6)9;10-8(9(12)13)5-6-1-3-7(11)4-2-6/h2-5H,11H2,1H3;1-4,8,11H,5,10H2,(H,12,13)/t;8-/m.0/s1. The first-order valence-electron chi connectivity index (χ1n) is 7.82. The minimum absolute atomic E-state index is 0.160. The van der Waals surface area contributed by atoms with Crippen molar-refractivity contribution in [2.75, 3.05) is 5.73 Å². The number of aliphatic carboxylic acids is 1. The highest BCUT2D eigenvalue weighted by atomic mass is 16.4. The summed E-state index contributed by atoms with van der Waals surface area (Å²) in [7, 11) is 0. The maximum absolute atomic E-state index is 11.0. The smallest absolute Gasteiger partial charge is 0.336 e. The Balaban J connectivity index is 0.000000187. The molecule has 6 N–H and O–H groups in total. The number of carbonyl (C=O) groups is 1. The van der Waals surface area contributed by atoms with Crippen LogP contribution in [0.25, 0.3) is 11.0 Å². The van der Waals surface area contributed by atoms with Gasteiger partial charge in [0, 0.05) is 23.2 Å². The molecule has 0 saturated carbocycles. The number of aryl methyl sites for hydroxylation is 1. The zero-order valence-corrected chi connectivity index (χ0v) is 14.2. The van der Waals surface area contributed by atoms with Crippen LogP contribution >= 0.6 is 0 Å². The van der Waals surface area contributed by atoms with E-state index in [-0.39, 0.29) is 17.8 Å². The minimum atomic E-state index is -1.02. The molecule has 0 saturated heterocycles. The van der Waals surface area contributed by atoms with E-state index < -0.39 is 12.0 Å². The number of phenolic OH excluding ortho intramolecular Hbond substituents is 1. The third-order valence-corrected chi connectivity index (χ3v) is 3.68. The van der Waals surface area contributed by atoms with Crippen LogP contribution < -0.4 is 17.1 Å². The van der Waals surface area contributed by atoms with Crippen molar-refractivity contribution in [3.63, 3.8) is 0 Å². The molecule has 1 aromatic heterocycles. The van der Waals surface area contributed by atoms with E-state index >= 15 is 0 Å². The van der Waals surface area contributed by atoms with E-state index in [0.717, 1.165) is 16.5 Å². The Morgan fingerprint density at radius 3 is 2.42 bits per heavy atom. The van der Waals surface area contributed by atoms with Gasteiger partial charge in [0.05, 0.1) is 0 Å². The summed E-state index contributed by atoms with van der Waals surface area (Å²) in [6, 6.07) is 12.2. The zero-order valence-electron chi connectivity index (χ0n) is 14.2. The molecule has 0 amide bonds. The molecule has 0 bridgehead atoms. The number of aromatic hydroxyl groups is 1. The van der Waals surface area contributed by atoms with Crippen molar-refractivity contribution >= 4 is 22.6 Å². The lowest BCUT2D eigenvalue weighted by molar-refractivity contribution is -0.138. The minimum Gasteiger partial charge on any atom is -0.508 e. The van der Waals surface area contributed by atoms with Gasteiger partial charge in [0.15, 0.2) is 0 Å². The Morgan fingerprint density at radius 2 is 1.81 bits per heavy atom. The highest BCUT2D eigenvalue weighted by Crippen LogP contribution is 2.18. The Hall–Kier alpha value is -3.32. The van der Waals surface area contributed by atoms with E-state index in [1.165, 1.54) is 18.2 Å². The van der Waals surface area contributed by atoms with Gasteiger partial charge in [0.2, 0.25) is 0 Å². The largest absolute Gasteiger partial charge is 0.508 e. The van der Waals surface area contributed by atoms with Crippen LogP contribution in [0.15, 0.2) is 57.7 Å². The molecule has 3 rings (SSSR count). The summed E-state index contributed by atoms with van der Waals surface area (Å²) < 4.78 is 4.99. The van der Waals surface area contributed by atoms with Crippen LogP contribution in [0, 0.1) is 6.92 Å². The lowest BCUT2D eigenvalue weighted by Crippen LogP contribution is -2.32. The van der Waals surface area contributed by atoms with Crippen LogP contribution in [-0.4, -0.2) is 22.2 Å². The molecule has 0 spiro atoms. The van der Waals surface area contributed by atoms with E-state index in [1.54, 1.807) is 24.3 Å². The molecule has 1 heterocycles. The molecule has 0 aliphatic rings. The van der Waals surface area contributed by atoms with Gasteiger partial charge in [-0.25, -0.2) is 4.79 Å². The molecule has 0 unspecified atom stereocenters. The molecule has 0 radical (unpaired) electrons. The third kappa shape index (κ3) is 5.09. The zero-order chi connectivity index (χ0) is 19.3. The van der Waals surface area contributed by atoms with Crippen molar-refractivity contribution in [2.45, 2.75) is 19.4 Å². The van der Waals surface area contributed by atoms with Crippen molar-refractivity contribution < 1.29 is 19.4 Å². The van der Waals surface area contributed by atoms with Crippen molar-refractivity contribution in [1.82, 2.24) is 0 Å². The number of benzene rings is 2. The van der Waals surface area contributed by atoms with Crippen molar-refractivity contribution in [2.24, 2.45) is 5.73 Å². The molecule has 136 valence electrons. The number of carboxylic acids is 1. The summed E-state index contributed by atoms with van der Waals surface area (Å²) in [5.41, 5.74) is 13.4. The van der Waals surface area contributed by atoms with Crippen molar-refractivity contribution in [1.29, 1.82) is 0 Å². The van der Waals surface area contributed by atoms with Crippen molar-refractivity contribution in [3.05, 3.63) is 70.1 Å². The molecule has 2 aromatic carbocycles. The summed E-state index contributed by atoms with van der Waals surface area (Å²) >= 11 is 0. The molecule has 26 heavy (non-hydrogen) atoms. The first-order chi connectivity index (χ1) is 12.3. The van der Waals surface area contributed by atoms with Gasteiger partial charge in [0.25, 0.3) is 0 Å². The van der Waals surface area contributed by atoms with E-state index in [1.807, 2.05) is 13.0 Å². The predicted octanol–water partition coefficient (Wildman–Crippen LogP) is 2.03. The third-order valence-electron chi connectivity index (χ3n) is 3.68. The normalized spacial score (nSPS) is 11.5. The first-order valence-corrected chi connectivity index (χ1v) is 7.82. The molecular formula is C19H20N2O5. The van der Waals surface area contributed by atoms with E-state index in [9.17, 15) is 9.59 Å². The van der Waals surface area contributed by atoms with Gasteiger partial charge in [-0.05, 0) is 48.7 Å². The van der Waals surface area contributed by atoms with Gasteiger partial charge in [-0.1, -0.05) is 12.1 Å². The Labute approximate surface area is 149 Å². The molecule has 0 aliphatic heterocycles. The van der Waals surface area contributed by atoms with Gasteiger partial charge < -0.3 is 26.1 Å². The molecule has 3 aromatic rings. The lowest BCUT2D eigenvalue weighted by atomic mass is 10.1. The van der Waals surface area contributed by atoms with Gasteiger partial charge >= 0.3 is 11.6 Å². The molecule has 7 nitrogen and oxygen atoms in total. The molecule has 0 aliphatic carbocycles. The number of hydrogen-bond acceptors (Lipinski definition) is 6. The summed E-state index contributed by atoms with van der Waals surface area (Å²) in [5, 5.41) is 18.4. The number of phenols is 1. The maximum Gasteiger partial charge on any atom is 0.336 e. The van der Waals surface area contributed by atoms with Gasteiger partial charge in [-0.15, -0.1) is 0 Å². The topological polar surface area (TPSA) is 140 Å². The van der Waals surface area contributed by atoms with Crippen molar-refractivity contribution in [3.8, 4) is 5.75 Å². The lowest BCUT2D eigenvalue weighted by Gasteiger charge is -2.05. The maximum atomic E-state index is 11.0. The Bertz CT molecular complexity index is 964. The molecule has 7 heteroatoms. The van der Waals surface area contributed by atoms with Crippen LogP contribution in [0.3, 0.4) is 0 Å². The number of nitrogen functional groups attached to an aromatic ring is 1. The fourth-order valence-corrected chi connectivity index (χ4v) is 2.31. The van der Waals surface area contributed by atoms with Crippen LogP contribution in [0.2, 0.25) is 0 Å². The van der Waals surface area contributed by atoms with Crippen LogP contribution in [0.1, 0.15) is 11.1 Å². The molecule has 0 fully saturated rings. The van der Waals surface area contributed by atoms with Gasteiger partial charge in [0.1, 0.15) is 17.4 Å². The fourth-order valence-electron chi connectivity index (χ4n) is 2.31. The van der Waals surface area contributed by atoms with Gasteiger partial charge in [-0.3, -0.25) is 4.79 Å². The fraction of sp³-hybridized carbons (Fsp3) is 0.158. The average Bonchev–Trinajstić information content (AvgIpc) is 2.56. The van der Waals surface area contributed by atoms with E-state index in [0.29, 0.717) is 11.3 Å². The predicted molar refractivity (Wildman–Crippen MR) is 99.1 cm³/mol. The molecular weight excluding hydrogens is 336 g/mol.